The summed E-state index contributed by atoms with van der Waals surface area (Å²) >= 11 is 0. The van der Waals surface area contributed by atoms with Crippen molar-refractivity contribution in [3.05, 3.63) is 11.6 Å². The smallest absolute Gasteiger partial charge is 0.00647 e. The summed E-state index contributed by atoms with van der Waals surface area (Å²) < 4.78 is 0. The first-order chi connectivity index (χ1) is 10.5. The molecule has 2 rings (SSSR count). The second kappa shape index (κ2) is 9.75. The number of nitrogens with two attached hydrogens (primary N) is 1. The Morgan fingerprint density at radius 2 is 1.59 bits per heavy atom. The molecular weight excluding hydrogens is 266 g/mol. The van der Waals surface area contributed by atoms with Gasteiger partial charge in [-0.25, -0.2) is 0 Å². The highest BCUT2D eigenvalue weighted by Crippen LogP contribution is 2.41. The molecule has 22 heavy (non-hydrogen) atoms. The molecule has 3 unspecified atom stereocenters. The summed E-state index contributed by atoms with van der Waals surface area (Å²) in [5.41, 5.74) is 8.10. The lowest BCUT2D eigenvalue weighted by molar-refractivity contribution is 0.196. The van der Waals surface area contributed by atoms with Crippen LogP contribution in [0.15, 0.2) is 11.6 Å². The molecule has 0 spiro atoms. The van der Waals surface area contributed by atoms with E-state index in [0.717, 1.165) is 23.7 Å². The van der Waals surface area contributed by atoms with Crippen LogP contribution < -0.4 is 5.73 Å². The lowest BCUT2D eigenvalue weighted by Gasteiger charge is -2.37. The Kier molecular flexibility index (Phi) is 8.75. The monoisotopic (exact) mass is 307 g/mol. The molecule has 5 atom stereocenters. The fraction of sp³-hybridized carbons (Fsp3) is 0.905. The zero-order valence-electron chi connectivity index (χ0n) is 16.1. The number of allylic oxidation sites excluding steroid dienone is 2. The highest BCUT2D eigenvalue weighted by Gasteiger charge is 2.31. The largest absolute Gasteiger partial charge is 0.327 e. The topological polar surface area (TPSA) is 26.0 Å². The van der Waals surface area contributed by atoms with E-state index in [9.17, 15) is 0 Å². The lowest BCUT2D eigenvalue weighted by Crippen LogP contribution is -2.32. The van der Waals surface area contributed by atoms with Gasteiger partial charge in [-0.15, -0.1) is 0 Å². The van der Waals surface area contributed by atoms with Crippen molar-refractivity contribution in [3.63, 3.8) is 0 Å². The molecule has 0 aliphatic heterocycles. The van der Waals surface area contributed by atoms with Crippen LogP contribution in [0.5, 0.6) is 0 Å². The van der Waals surface area contributed by atoms with Crippen LogP contribution in [0.3, 0.4) is 0 Å². The molecule has 2 aliphatic rings. The van der Waals surface area contributed by atoms with Gasteiger partial charge in [0.15, 0.2) is 0 Å². The van der Waals surface area contributed by atoms with Gasteiger partial charge in [-0.1, -0.05) is 66.0 Å². The maximum Gasteiger partial charge on any atom is 0.00647 e. The normalized spacial score (nSPS) is 36.7. The molecule has 1 saturated carbocycles. The van der Waals surface area contributed by atoms with Crippen LogP contribution >= 0.6 is 0 Å². The first-order valence-electron chi connectivity index (χ1n) is 9.95. The van der Waals surface area contributed by atoms with E-state index in [2.05, 4.69) is 33.8 Å². The van der Waals surface area contributed by atoms with Crippen molar-refractivity contribution in [1.29, 1.82) is 0 Å². The molecule has 2 N–H and O–H groups in total. The van der Waals surface area contributed by atoms with Gasteiger partial charge in [0.1, 0.15) is 0 Å². The molecule has 1 fully saturated rings. The quantitative estimate of drug-likeness (QED) is 0.575. The van der Waals surface area contributed by atoms with Gasteiger partial charge in [0.25, 0.3) is 0 Å². The van der Waals surface area contributed by atoms with E-state index in [1.54, 1.807) is 5.57 Å². The summed E-state index contributed by atoms with van der Waals surface area (Å²) in [6.07, 6.45) is 12.0. The summed E-state index contributed by atoms with van der Waals surface area (Å²) in [6, 6.07) is 0.418. The molecule has 0 heterocycles. The van der Waals surface area contributed by atoms with E-state index >= 15 is 0 Å². The first-order valence-corrected chi connectivity index (χ1v) is 9.95. The van der Waals surface area contributed by atoms with E-state index < -0.39 is 0 Å². The zero-order valence-corrected chi connectivity index (χ0v) is 16.1. The third kappa shape index (κ3) is 5.41. The molecule has 0 amide bonds. The molecule has 1 heteroatoms. The summed E-state index contributed by atoms with van der Waals surface area (Å²) in [5.74, 6) is 4.04. The number of rotatable bonds is 1. The molecule has 130 valence electrons. The minimum absolute atomic E-state index is 0.418. The Bertz CT molecular complexity index is 331. The average Bonchev–Trinajstić information content (AvgIpc) is 2.53. The van der Waals surface area contributed by atoms with Gasteiger partial charge in [-0.2, -0.15) is 0 Å². The summed E-state index contributed by atoms with van der Waals surface area (Å²) in [7, 11) is 0. The Morgan fingerprint density at radius 1 is 0.955 bits per heavy atom. The van der Waals surface area contributed by atoms with Crippen LogP contribution in [0.1, 0.15) is 86.5 Å². The van der Waals surface area contributed by atoms with Gasteiger partial charge < -0.3 is 5.73 Å². The van der Waals surface area contributed by atoms with E-state index in [4.69, 9.17) is 5.73 Å². The maximum atomic E-state index is 6.40. The third-order valence-electron chi connectivity index (χ3n) is 6.10. The van der Waals surface area contributed by atoms with Crippen molar-refractivity contribution in [1.82, 2.24) is 0 Å². The Balaban J connectivity index is 0.00000116. The molecule has 0 aromatic rings. The average molecular weight is 308 g/mol. The van der Waals surface area contributed by atoms with Crippen molar-refractivity contribution in [3.8, 4) is 0 Å². The molecule has 0 aromatic carbocycles. The van der Waals surface area contributed by atoms with Gasteiger partial charge >= 0.3 is 0 Å². The van der Waals surface area contributed by atoms with Crippen molar-refractivity contribution in [2.24, 2.45) is 35.3 Å². The van der Waals surface area contributed by atoms with E-state index in [1.807, 2.05) is 13.8 Å². The molecule has 0 aromatic heterocycles. The van der Waals surface area contributed by atoms with E-state index in [-0.39, 0.29) is 0 Å². The molecule has 2 aliphatic carbocycles. The van der Waals surface area contributed by atoms with Crippen molar-refractivity contribution < 1.29 is 0 Å². The fourth-order valence-electron chi connectivity index (χ4n) is 4.37. The van der Waals surface area contributed by atoms with Crippen molar-refractivity contribution in [2.45, 2.75) is 92.5 Å². The number of hydrogen-bond donors (Lipinski definition) is 1. The van der Waals surface area contributed by atoms with E-state index in [1.165, 1.54) is 44.9 Å². The van der Waals surface area contributed by atoms with Crippen LogP contribution in [-0.4, -0.2) is 6.04 Å². The minimum Gasteiger partial charge on any atom is -0.327 e. The Hall–Kier alpha value is -0.300. The summed E-state index contributed by atoms with van der Waals surface area (Å²) in [6.45, 7) is 13.6. The van der Waals surface area contributed by atoms with Crippen LogP contribution in [-0.2, 0) is 0 Å². The van der Waals surface area contributed by atoms with Gasteiger partial charge in [0, 0.05) is 6.04 Å². The van der Waals surface area contributed by atoms with Gasteiger partial charge in [0.2, 0.25) is 0 Å². The Labute approximate surface area is 140 Å². The van der Waals surface area contributed by atoms with Gasteiger partial charge in [-0.3, -0.25) is 0 Å². The standard InChI is InChI=1S/C19H35N.C2H6/c1-13(2)16-8-10-18-14(3)6-5-7-15(4)19(20)11-9-17(18)12-16;1-2/h12-15,17-19H,5-11,20H2,1-4H3;1-2H3/t14?,15?,17?,18-,19+;/m1./s1. The van der Waals surface area contributed by atoms with Crippen LogP contribution in [0.2, 0.25) is 0 Å². The first kappa shape index (κ1) is 19.7. The predicted molar refractivity (Wildman–Crippen MR) is 99.9 cm³/mol. The second-order valence-electron chi connectivity index (χ2n) is 7.89. The molecule has 0 bridgehead atoms. The van der Waals surface area contributed by atoms with Gasteiger partial charge in [0.05, 0.1) is 0 Å². The predicted octanol–water partition coefficient (Wildman–Crippen LogP) is 6.18. The summed E-state index contributed by atoms with van der Waals surface area (Å²) in [5, 5.41) is 0. The van der Waals surface area contributed by atoms with E-state index in [0.29, 0.717) is 12.0 Å². The van der Waals surface area contributed by atoms with Crippen molar-refractivity contribution >= 4 is 0 Å². The molecule has 1 nitrogen and oxygen atoms in total. The SMILES string of the molecule is CC.CC(C)C1=CC2CC[C@H](N)C(C)CCCC(C)[C@H]2CC1. The molecule has 0 radical (unpaired) electrons. The number of hydrogen-bond acceptors (Lipinski definition) is 1. The Morgan fingerprint density at radius 3 is 2.23 bits per heavy atom. The third-order valence-corrected chi connectivity index (χ3v) is 6.10. The second-order valence-corrected chi connectivity index (χ2v) is 7.89. The van der Waals surface area contributed by atoms with Crippen molar-refractivity contribution in [2.75, 3.05) is 0 Å². The molecular formula is C21H41N. The minimum atomic E-state index is 0.418. The highest BCUT2D eigenvalue weighted by atomic mass is 14.6. The fourth-order valence-corrected chi connectivity index (χ4v) is 4.37. The summed E-state index contributed by atoms with van der Waals surface area (Å²) in [4.78, 5) is 0. The zero-order chi connectivity index (χ0) is 16.7. The molecule has 0 saturated heterocycles. The van der Waals surface area contributed by atoms with Gasteiger partial charge in [-0.05, 0) is 61.7 Å². The number of fused-ring (bicyclic) bond motifs is 1. The van der Waals surface area contributed by atoms with Crippen LogP contribution in [0.4, 0.5) is 0 Å². The maximum absolute atomic E-state index is 6.40. The van der Waals surface area contributed by atoms with Crippen LogP contribution in [0, 0.1) is 29.6 Å². The van der Waals surface area contributed by atoms with Crippen LogP contribution in [0.25, 0.3) is 0 Å². The highest BCUT2D eigenvalue weighted by molar-refractivity contribution is 5.12. The lowest BCUT2D eigenvalue weighted by atomic mass is 9.68.